The second-order valence-corrected chi connectivity index (χ2v) is 2.80. The van der Waals surface area contributed by atoms with Crippen molar-refractivity contribution in [3.8, 4) is 0 Å². The number of alkyl halides is 6. The predicted octanol–water partition coefficient (Wildman–Crippen LogP) is 3.78. The van der Waals surface area contributed by atoms with E-state index in [2.05, 4.69) is 0 Å². The molecule has 0 saturated heterocycles. The van der Waals surface area contributed by atoms with Gasteiger partial charge in [-0.25, -0.2) is 0 Å². The molecule has 1 aromatic rings. The molecule has 6 heteroatoms. The lowest BCUT2D eigenvalue weighted by Crippen LogP contribution is -2.10. The Kier molecular flexibility index (Phi) is 2.71. The third kappa shape index (κ3) is 2.64. The van der Waals surface area contributed by atoms with Crippen molar-refractivity contribution in [3.63, 3.8) is 0 Å². The van der Waals surface area contributed by atoms with Crippen LogP contribution in [0, 0.1) is 6.92 Å². The zero-order valence-electron chi connectivity index (χ0n) is 7.08. The molecule has 0 aliphatic carbocycles. The van der Waals surface area contributed by atoms with Gasteiger partial charge in [0.05, 0.1) is 11.1 Å². The first-order chi connectivity index (χ1) is 6.62. The topological polar surface area (TPSA) is 0 Å². The minimum atomic E-state index is -4.74. The van der Waals surface area contributed by atoms with E-state index in [1.807, 2.05) is 0 Å². The van der Waals surface area contributed by atoms with E-state index in [1.165, 1.54) is 0 Å². The minimum Gasteiger partial charge on any atom is -0.166 e. The van der Waals surface area contributed by atoms with Crippen molar-refractivity contribution >= 4 is 0 Å². The Balaban J connectivity index is 3.21. The van der Waals surface area contributed by atoms with E-state index in [1.54, 1.807) is 0 Å². The van der Waals surface area contributed by atoms with Crippen LogP contribution in [-0.4, -0.2) is 0 Å². The predicted molar refractivity (Wildman–Crippen MR) is 39.8 cm³/mol. The van der Waals surface area contributed by atoms with Crippen molar-refractivity contribution in [2.45, 2.75) is 12.4 Å². The molecule has 1 rings (SSSR count). The van der Waals surface area contributed by atoms with Crippen LogP contribution in [0.3, 0.4) is 0 Å². The molecule has 0 bridgehead atoms. The summed E-state index contributed by atoms with van der Waals surface area (Å²) in [6, 6.07) is 0.931. The van der Waals surface area contributed by atoms with Gasteiger partial charge in [-0.1, -0.05) is 0 Å². The van der Waals surface area contributed by atoms with E-state index in [9.17, 15) is 26.3 Å². The SMILES string of the molecule is [CH]c1cc(C(F)(F)F)ccc1C(F)(F)F. The standard InChI is InChI=1S/C9H4F6/c1-5-4-6(8(10,11)12)2-3-7(5)9(13,14)15/h1-4H. The Labute approximate surface area is 81.5 Å². The zero-order valence-corrected chi connectivity index (χ0v) is 7.08. The smallest absolute Gasteiger partial charge is 0.166 e. The van der Waals surface area contributed by atoms with E-state index < -0.39 is 29.0 Å². The Morgan fingerprint density at radius 3 is 1.73 bits per heavy atom. The lowest BCUT2D eigenvalue weighted by atomic mass is 10.0. The number of benzene rings is 1. The first-order valence-corrected chi connectivity index (χ1v) is 3.66. The fourth-order valence-corrected chi connectivity index (χ4v) is 0.997. The monoisotopic (exact) mass is 226 g/mol. The largest absolute Gasteiger partial charge is 0.416 e. The molecule has 15 heavy (non-hydrogen) atoms. The molecule has 0 aliphatic rings. The van der Waals surface area contributed by atoms with E-state index in [-0.39, 0.29) is 6.07 Å². The van der Waals surface area contributed by atoms with Crippen LogP contribution < -0.4 is 0 Å². The molecule has 2 radical (unpaired) electrons. The van der Waals surface area contributed by atoms with Crippen molar-refractivity contribution in [1.29, 1.82) is 0 Å². The van der Waals surface area contributed by atoms with Gasteiger partial charge in [0.25, 0.3) is 0 Å². The van der Waals surface area contributed by atoms with Gasteiger partial charge in [0.15, 0.2) is 0 Å². The van der Waals surface area contributed by atoms with Gasteiger partial charge in [-0.15, -0.1) is 0 Å². The van der Waals surface area contributed by atoms with Gasteiger partial charge in [0, 0.05) is 0 Å². The van der Waals surface area contributed by atoms with Gasteiger partial charge < -0.3 is 0 Å². The Hall–Kier alpha value is -1.20. The Morgan fingerprint density at radius 2 is 1.40 bits per heavy atom. The van der Waals surface area contributed by atoms with Crippen molar-refractivity contribution in [3.05, 3.63) is 41.8 Å². The van der Waals surface area contributed by atoms with Gasteiger partial charge in [-0.2, -0.15) is 26.3 Å². The van der Waals surface area contributed by atoms with E-state index in [0.717, 1.165) is 0 Å². The molecule has 0 fully saturated rings. The number of rotatable bonds is 0. The lowest BCUT2D eigenvalue weighted by Gasteiger charge is -2.12. The summed E-state index contributed by atoms with van der Waals surface area (Å²) >= 11 is 0. The van der Waals surface area contributed by atoms with Crippen molar-refractivity contribution in [2.75, 3.05) is 0 Å². The van der Waals surface area contributed by atoms with E-state index in [4.69, 9.17) is 6.92 Å². The Bertz CT molecular complexity index is 360. The van der Waals surface area contributed by atoms with Gasteiger partial charge in [0.2, 0.25) is 0 Å². The first-order valence-electron chi connectivity index (χ1n) is 3.66. The molecule has 0 atom stereocenters. The van der Waals surface area contributed by atoms with Crippen LogP contribution in [-0.2, 0) is 12.4 Å². The molecular formula is C9H4F6. The maximum absolute atomic E-state index is 12.1. The molecule has 0 N–H and O–H groups in total. The van der Waals surface area contributed by atoms with Gasteiger partial charge in [0.1, 0.15) is 0 Å². The van der Waals surface area contributed by atoms with Crippen LogP contribution in [0.25, 0.3) is 0 Å². The summed E-state index contributed by atoms with van der Waals surface area (Å²) in [5.41, 5.74) is -3.40. The molecule has 0 nitrogen and oxygen atoms in total. The second kappa shape index (κ2) is 3.43. The molecule has 0 aromatic heterocycles. The van der Waals surface area contributed by atoms with E-state index in [0.29, 0.717) is 12.1 Å². The molecule has 0 saturated carbocycles. The third-order valence-electron chi connectivity index (χ3n) is 1.68. The van der Waals surface area contributed by atoms with Gasteiger partial charge in [-0.3, -0.25) is 0 Å². The maximum atomic E-state index is 12.1. The summed E-state index contributed by atoms with van der Waals surface area (Å²) in [6.07, 6.45) is -9.44. The molecular weight excluding hydrogens is 222 g/mol. The van der Waals surface area contributed by atoms with Gasteiger partial charge in [-0.05, 0) is 30.7 Å². The van der Waals surface area contributed by atoms with Crippen LogP contribution in [0.1, 0.15) is 16.7 Å². The molecule has 0 heterocycles. The lowest BCUT2D eigenvalue weighted by molar-refractivity contribution is -0.141. The van der Waals surface area contributed by atoms with E-state index >= 15 is 0 Å². The molecule has 82 valence electrons. The summed E-state index contributed by atoms with van der Waals surface area (Å²) in [5, 5.41) is 0. The fourth-order valence-electron chi connectivity index (χ4n) is 0.997. The highest BCUT2D eigenvalue weighted by molar-refractivity contribution is 5.37. The quantitative estimate of drug-likeness (QED) is 0.590. The average Bonchev–Trinajstić information content (AvgIpc) is 1.99. The number of hydrogen-bond donors (Lipinski definition) is 0. The second-order valence-electron chi connectivity index (χ2n) is 2.80. The summed E-state index contributed by atoms with van der Waals surface area (Å²) in [5.74, 6) is 0. The molecule has 0 amide bonds. The summed E-state index contributed by atoms with van der Waals surface area (Å²) in [4.78, 5) is 0. The number of hydrogen-bond acceptors (Lipinski definition) is 0. The maximum Gasteiger partial charge on any atom is 0.416 e. The highest BCUT2D eigenvalue weighted by Gasteiger charge is 2.35. The molecule has 0 spiro atoms. The minimum absolute atomic E-state index is 0.267. The van der Waals surface area contributed by atoms with Crippen LogP contribution in [0.4, 0.5) is 26.3 Å². The Morgan fingerprint density at radius 1 is 0.867 bits per heavy atom. The average molecular weight is 226 g/mol. The summed E-state index contributed by atoms with van der Waals surface area (Å²) < 4.78 is 72.5. The first kappa shape index (κ1) is 11.9. The van der Waals surface area contributed by atoms with Crippen LogP contribution in [0.5, 0.6) is 0 Å². The highest BCUT2D eigenvalue weighted by atomic mass is 19.4. The van der Waals surface area contributed by atoms with Crippen LogP contribution in [0.2, 0.25) is 0 Å². The summed E-state index contributed by atoms with van der Waals surface area (Å²) in [6.45, 7) is 4.88. The normalized spacial score (nSPS) is 13.0. The highest BCUT2D eigenvalue weighted by Crippen LogP contribution is 2.35. The fraction of sp³-hybridized carbons (Fsp3) is 0.222. The molecule has 0 unspecified atom stereocenters. The van der Waals surface area contributed by atoms with Crippen molar-refractivity contribution < 1.29 is 26.3 Å². The van der Waals surface area contributed by atoms with Crippen molar-refractivity contribution in [1.82, 2.24) is 0 Å². The molecule has 0 aliphatic heterocycles. The number of halogens is 6. The van der Waals surface area contributed by atoms with Crippen LogP contribution in [0.15, 0.2) is 18.2 Å². The zero-order chi connectivity index (χ0) is 11.9. The molecule has 1 aromatic carbocycles. The third-order valence-corrected chi connectivity index (χ3v) is 1.68. The summed E-state index contributed by atoms with van der Waals surface area (Å²) in [7, 11) is 0. The van der Waals surface area contributed by atoms with Gasteiger partial charge >= 0.3 is 12.4 Å². The van der Waals surface area contributed by atoms with Crippen LogP contribution >= 0.6 is 0 Å². The van der Waals surface area contributed by atoms with Crippen molar-refractivity contribution in [2.24, 2.45) is 0 Å².